The molecule has 3 nitrogen and oxygen atoms in total. The second-order valence-electron chi connectivity index (χ2n) is 4.86. The Balaban J connectivity index is 1.91. The standard InChI is InChI=1S/C16H15FN2O/c1-19-15-5-3-2-4-13(15)14(18-19)10-16(20)11-6-8-12(17)9-7-11/h2-9,16,20H,10H2,1H3. The van der Waals surface area contributed by atoms with E-state index in [2.05, 4.69) is 5.10 Å². The van der Waals surface area contributed by atoms with E-state index in [-0.39, 0.29) is 5.82 Å². The highest BCUT2D eigenvalue weighted by Crippen LogP contribution is 2.23. The Morgan fingerprint density at radius 3 is 2.60 bits per heavy atom. The van der Waals surface area contributed by atoms with Crippen molar-refractivity contribution >= 4 is 10.9 Å². The molecule has 4 heteroatoms. The van der Waals surface area contributed by atoms with Crippen molar-refractivity contribution in [2.24, 2.45) is 7.05 Å². The molecule has 0 bridgehead atoms. The van der Waals surface area contributed by atoms with Gasteiger partial charge in [-0.3, -0.25) is 4.68 Å². The van der Waals surface area contributed by atoms with Gasteiger partial charge in [-0.1, -0.05) is 30.3 Å². The number of aromatic nitrogens is 2. The summed E-state index contributed by atoms with van der Waals surface area (Å²) in [6.07, 6.45) is -0.276. The SMILES string of the molecule is Cn1nc(CC(O)c2ccc(F)cc2)c2ccccc21. The number of aryl methyl sites for hydroxylation is 1. The number of aliphatic hydroxyl groups excluding tert-OH is 1. The number of para-hydroxylation sites is 1. The molecule has 0 spiro atoms. The van der Waals surface area contributed by atoms with E-state index in [9.17, 15) is 9.50 Å². The quantitative estimate of drug-likeness (QED) is 0.794. The van der Waals surface area contributed by atoms with Crippen LogP contribution in [0.5, 0.6) is 0 Å². The largest absolute Gasteiger partial charge is 0.388 e. The molecule has 3 aromatic rings. The summed E-state index contributed by atoms with van der Waals surface area (Å²) in [6.45, 7) is 0. The number of hydrogen-bond acceptors (Lipinski definition) is 2. The van der Waals surface area contributed by atoms with E-state index in [0.29, 0.717) is 12.0 Å². The average Bonchev–Trinajstić information content (AvgIpc) is 2.77. The lowest BCUT2D eigenvalue weighted by Crippen LogP contribution is -2.03. The minimum absolute atomic E-state index is 0.302. The van der Waals surface area contributed by atoms with Crippen molar-refractivity contribution in [3.05, 3.63) is 65.6 Å². The first-order valence-corrected chi connectivity index (χ1v) is 6.49. The van der Waals surface area contributed by atoms with E-state index in [1.165, 1.54) is 12.1 Å². The lowest BCUT2D eigenvalue weighted by Gasteiger charge is -2.09. The van der Waals surface area contributed by atoms with Crippen LogP contribution in [-0.2, 0) is 13.5 Å². The van der Waals surface area contributed by atoms with Gasteiger partial charge in [-0.2, -0.15) is 5.10 Å². The van der Waals surface area contributed by atoms with E-state index in [0.717, 1.165) is 16.6 Å². The lowest BCUT2D eigenvalue weighted by molar-refractivity contribution is 0.177. The zero-order valence-corrected chi connectivity index (χ0v) is 11.1. The zero-order chi connectivity index (χ0) is 14.1. The number of rotatable bonds is 3. The van der Waals surface area contributed by atoms with E-state index in [1.807, 2.05) is 36.0 Å². The highest BCUT2D eigenvalue weighted by Gasteiger charge is 2.14. The summed E-state index contributed by atoms with van der Waals surface area (Å²) in [7, 11) is 1.89. The van der Waals surface area contributed by atoms with Crippen molar-refractivity contribution in [2.45, 2.75) is 12.5 Å². The van der Waals surface area contributed by atoms with E-state index in [1.54, 1.807) is 12.1 Å². The Labute approximate surface area is 116 Å². The molecule has 0 aliphatic rings. The number of halogens is 1. The molecule has 1 N–H and O–H groups in total. The molecule has 0 radical (unpaired) electrons. The molecule has 0 fully saturated rings. The molecule has 0 amide bonds. The second kappa shape index (κ2) is 5.06. The van der Waals surface area contributed by atoms with E-state index >= 15 is 0 Å². The van der Waals surface area contributed by atoms with Gasteiger partial charge in [0.1, 0.15) is 5.82 Å². The predicted molar refractivity (Wildman–Crippen MR) is 75.8 cm³/mol. The van der Waals surface area contributed by atoms with Crippen molar-refractivity contribution in [2.75, 3.05) is 0 Å². The highest BCUT2D eigenvalue weighted by molar-refractivity contribution is 5.81. The number of benzene rings is 2. The Bertz CT molecular complexity index is 734. The van der Waals surface area contributed by atoms with Gasteiger partial charge in [-0.05, 0) is 23.8 Å². The first kappa shape index (κ1) is 12.8. The minimum atomic E-state index is -0.686. The number of hydrogen-bond donors (Lipinski definition) is 1. The fourth-order valence-corrected chi connectivity index (χ4v) is 2.43. The van der Waals surface area contributed by atoms with Crippen LogP contribution in [0.4, 0.5) is 4.39 Å². The fourth-order valence-electron chi connectivity index (χ4n) is 2.43. The van der Waals surface area contributed by atoms with Gasteiger partial charge in [-0.15, -0.1) is 0 Å². The molecular formula is C16H15FN2O. The number of aliphatic hydroxyl groups is 1. The van der Waals surface area contributed by atoms with Crippen LogP contribution in [0.1, 0.15) is 17.4 Å². The summed E-state index contributed by atoms with van der Waals surface area (Å²) in [5.41, 5.74) is 2.58. The van der Waals surface area contributed by atoms with Crippen LogP contribution in [0.15, 0.2) is 48.5 Å². The van der Waals surface area contributed by atoms with Gasteiger partial charge in [0.15, 0.2) is 0 Å². The number of nitrogens with zero attached hydrogens (tertiary/aromatic N) is 2. The summed E-state index contributed by atoms with van der Waals surface area (Å²) in [5, 5.41) is 15.8. The third kappa shape index (κ3) is 2.30. The Hall–Kier alpha value is -2.20. The number of fused-ring (bicyclic) bond motifs is 1. The monoisotopic (exact) mass is 270 g/mol. The first-order valence-electron chi connectivity index (χ1n) is 6.49. The molecule has 0 saturated heterocycles. The van der Waals surface area contributed by atoms with Crippen LogP contribution in [-0.4, -0.2) is 14.9 Å². The van der Waals surface area contributed by atoms with Crippen molar-refractivity contribution < 1.29 is 9.50 Å². The van der Waals surface area contributed by atoms with Crippen molar-refractivity contribution in [3.8, 4) is 0 Å². The molecular weight excluding hydrogens is 255 g/mol. The topological polar surface area (TPSA) is 38.0 Å². The van der Waals surface area contributed by atoms with Crippen molar-refractivity contribution in [1.82, 2.24) is 9.78 Å². The highest BCUT2D eigenvalue weighted by atomic mass is 19.1. The Morgan fingerprint density at radius 2 is 1.85 bits per heavy atom. The molecule has 20 heavy (non-hydrogen) atoms. The fraction of sp³-hybridized carbons (Fsp3) is 0.188. The third-order valence-corrected chi connectivity index (χ3v) is 3.48. The summed E-state index contributed by atoms with van der Waals surface area (Å²) >= 11 is 0. The molecule has 1 atom stereocenters. The molecule has 2 aromatic carbocycles. The summed E-state index contributed by atoms with van der Waals surface area (Å²) < 4.78 is 14.7. The predicted octanol–water partition coefficient (Wildman–Crippen LogP) is 2.99. The second-order valence-corrected chi connectivity index (χ2v) is 4.86. The van der Waals surface area contributed by atoms with Gasteiger partial charge in [0.2, 0.25) is 0 Å². The summed E-state index contributed by atoms with van der Waals surface area (Å²) in [4.78, 5) is 0. The first-order chi connectivity index (χ1) is 9.65. The minimum Gasteiger partial charge on any atom is -0.388 e. The Morgan fingerprint density at radius 1 is 1.15 bits per heavy atom. The lowest BCUT2D eigenvalue weighted by atomic mass is 10.0. The maximum atomic E-state index is 12.9. The van der Waals surface area contributed by atoms with Crippen LogP contribution >= 0.6 is 0 Å². The van der Waals surface area contributed by atoms with E-state index < -0.39 is 6.10 Å². The van der Waals surface area contributed by atoms with Crippen LogP contribution in [0.3, 0.4) is 0 Å². The molecule has 1 heterocycles. The van der Waals surface area contributed by atoms with Crippen molar-refractivity contribution in [3.63, 3.8) is 0 Å². The smallest absolute Gasteiger partial charge is 0.123 e. The average molecular weight is 270 g/mol. The molecule has 1 unspecified atom stereocenters. The molecule has 3 rings (SSSR count). The molecule has 0 saturated carbocycles. The van der Waals surface area contributed by atoms with Gasteiger partial charge in [0.25, 0.3) is 0 Å². The van der Waals surface area contributed by atoms with Gasteiger partial charge < -0.3 is 5.11 Å². The molecule has 102 valence electrons. The normalized spacial score (nSPS) is 12.8. The molecule has 0 aliphatic heterocycles. The maximum Gasteiger partial charge on any atom is 0.123 e. The van der Waals surface area contributed by atoms with Crippen LogP contribution in [0.25, 0.3) is 10.9 Å². The van der Waals surface area contributed by atoms with Gasteiger partial charge in [0.05, 0.1) is 17.3 Å². The summed E-state index contributed by atoms with van der Waals surface area (Å²) in [6, 6.07) is 13.8. The van der Waals surface area contributed by atoms with Crippen LogP contribution in [0, 0.1) is 5.82 Å². The third-order valence-electron chi connectivity index (χ3n) is 3.48. The van der Waals surface area contributed by atoms with E-state index in [4.69, 9.17) is 0 Å². The van der Waals surface area contributed by atoms with Crippen molar-refractivity contribution in [1.29, 1.82) is 0 Å². The van der Waals surface area contributed by atoms with Gasteiger partial charge in [0, 0.05) is 18.9 Å². The molecule has 0 aliphatic carbocycles. The van der Waals surface area contributed by atoms with Gasteiger partial charge >= 0.3 is 0 Å². The molecule has 1 aromatic heterocycles. The van der Waals surface area contributed by atoms with Crippen LogP contribution in [0.2, 0.25) is 0 Å². The zero-order valence-electron chi connectivity index (χ0n) is 11.1. The Kier molecular flexibility index (Phi) is 3.24. The maximum absolute atomic E-state index is 12.9. The van der Waals surface area contributed by atoms with Crippen LogP contribution < -0.4 is 0 Å². The van der Waals surface area contributed by atoms with Gasteiger partial charge in [-0.25, -0.2) is 4.39 Å². The summed E-state index contributed by atoms with van der Waals surface area (Å²) in [5.74, 6) is -0.302.